The molecule has 0 aliphatic carbocycles. The molecule has 94 valence electrons. The van der Waals surface area contributed by atoms with E-state index in [0.717, 1.165) is 10.6 Å². The lowest BCUT2D eigenvalue weighted by atomic mass is 10.4. The molecular formula is C8H16ClN3O2S2. The summed E-state index contributed by atoms with van der Waals surface area (Å²) in [4.78, 5) is 4.94. The highest BCUT2D eigenvalue weighted by molar-refractivity contribution is 7.91. The maximum Gasteiger partial charge on any atom is 0.267 e. The highest BCUT2D eigenvalue weighted by Gasteiger charge is 2.18. The Bertz CT molecular complexity index is 411. The van der Waals surface area contributed by atoms with E-state index < -0.39 is 10.0 Å². The van der Waals surface area contributed by atoms with Gasteiger partial charge in [-0.05, 0) is 20.9 Å². The number of thiazole rings is 1. The second-order valence-electron chi connectivity index (χ2n) is 3.12. The van der Waals surface area contributed by atoms with Crippen molar-refractivity contribution < 1.29 is 8.42 Å². The lowest BCUT2D eigenvalue weighted by molar-refractivity contribution is 0.578. The van der Waals surface area contributed by atoms with Crippen molar-refractivity contribution in [3.05, 3.63) is 10.6 Å². The predicted molar refractivity (Wildman–Crippen MR) is 68.0 cm³/mol. The van der Waals surface area contributed by atoms with Crippen LogP contribution in [0.4, 0.5) is 0 Å². The largest absolute Gasteiger partial charge is 0.318 e. The van der Waals surface area contributed by atoms with Gasteiger partial charge in [-0.25, -0.2) is 18.1 Å². The molecule has 0 aliphatic heterocycles. The van der Waals surface area contributed by atoms with Gasteiger partial charge in [0, 0.05) is 18.0 Å². The first-order chi connectivity index (χ1) is 6.97. The SMILES string of the molecule is CNCCNS(=O)(=O)c1nc(C)c(C)s1.Cl. The number of likely N-dealkylation sites (N-methyl/N-ethyl adjacent to an activating group) is 1. The van der Waals surface area contributed by atoms with E-state index in [1.54, 1.807) is 14.0 Å². The number of aryl methyl sites for hydroxylation is 2. The summed E-state index contributed by atoms with van der Waals surface area (Å²) in [6, 6.07) is 0. The minimum absolute atomic E-state index is 0. The van der Waals surface area contributed by atoms with Gasteiger partial charge in [-0.15, -0.1) is 23.7 Å². The van der Waals surface area contributed by atoms with Crippen LogP contribution < -0.4 is 10.0 Å². The normalized spacial score (nSPS) is 11.2. The Morgan fingerprint density at radius 3 is 2.38 bits per heavy atom. The highest BCUT2D eigenvalue weighted by Crippen LogP contribution is 2.20. The van der Waals surface area contributed by atoms with Crippen molar-refractivity contribution in [2.45, 2.75) is 18.2 Å². The summed E-state index contributed by atoms with van der Waals surface area (Å²) < 4.78 is 26.0. The van der Waals surface area contributed by atoms with Crippen molar-refractivity contribution in [3.63, 3.8) is 0 Å². The van der Waals surface area contributed by atoms with Gasteiger partial charge in [-0.2, -0.15) is 0 Å². The van der Waals surface area contributed by atoms with Crippen LogP contribution in [0.25, 0.3) is 0 Å². The van der Waals surface area contributed by atoms with E-state index in [0.29, 0.717) is 13.1 Å². The minimum Gasteiger partial charge on any atom is -0.318 e. The van der Waals surface area contributed by atoms with E-state index in [9.17, 15) is 8.42 Å². The number of nitrogens with one attached hydrogen (secondary N) is 2. The number of hydrogen-bond acceptors (Lipinski definition) is 5. The fraction of sp³-hybridized carbons (Fsp3) is 0.625. The van der Waals surface area contributed by atoms with Crippen LogP contribution in [-0.4, -0.2) is 33.5 Å². The molecule has 0 spiro atoms. The third-order valence-electron chi connectivity index (χ3n) is 1.91. The van der Waals surface area contributed by atoms with Crippen LogP contribution in [0.2, 0.25) is 0 Å². The van der Waals surface area contributed by atoms with Crippen LogP contribution in [0.3, 0.4) is 0 Å². The zero-order chi connectivity index (χ0) is 11.5. The average molecular weight is 286 g/mol. The fourth-order valence-electron chi connectivity index (χ4n) is 0.930. The second kappa shape index (κ2) is 6.51. The Kier molecular flexibility index (Phi) is 6.42. The van der Waals surface area contributed by atoms with Crippen LogP contribution in [0.5, 0.6) is 0 Å². The Morgan fingerprint density at radius 2 is 1.94 bits per heavy atom. The van der Waals surface area contributed by atoms with Crippen LogP contribution in [-0.2, 0) is 10.0 Å². The summed E-state index contributed by atoms with van der Waals surface area (Å²) in [6.07, 6.45) is 0. The molecule has 1 rings (SSSR count). The van der Waals surface area contributed by atoms with Gasteiger partial charge >= 0.3 is 0 Å². The number of sulfonamides is 1. The lowest BCUT2D eigenvalue weighted by Gasteiger charge is -2.02. The zero-order valence-corrected chi connectivity index (χ0v) is 11.9. The number of nitrogens with zero attached hydrogens (tertiary/aromatic N) is 1. The van der Waals surface area contributed by atoms with Gasteiger partial charge in [-0.3, -0.25) is 0 Å². The maximum atomic E-state index is 11.7. The van der Waals surface area contributed by atoms with Crippen LogP contribution in [0.1, 0.15) is 10.6 Å². The van der Waals surface area contributed by atoms with Gasteiger partial charge in [0.15, 0.2) is 0 Å². The van der Waals surface area contributed by atoms with E-state index in [2.05, 4.69) is 15.0 Å². The molecule has 0 amide bonds. The molecule has 1 aromatic rings. The second-order valence-corrected chi connectivity index (χ2v) is 6.27. The van der Waals surface area contributed by atoms with Gasteiger partial charge in [0.2, 0.25) is 4.34 Å². The monoisotopic (exact) mass is 285 g/mol. The quantitative estimate of drug-likeness (QED) is 0.781. The molecule has 0 fully saturated rings. The summed E-state index contributed by atoms with van der Waals surface area (Å²) in [5.41, 5.74) is 0.772. The molecule has 0 atom stereocenters. The molecule has 16 heavy (non-hydrogen) atoms. The Balaban J connectivity index is 0.00000225. The third kappa shape index (κ3) is 3.99. The zero-order valence-electron chi connectivity index (χ0n) is 9.40. The van der Waals surface area contributed by atoms with Gasteiger partial charge in [0.1, 0.15) is 0 Å². The van der Waals surface area contributed by atoms with Gasteiger partial charge in [0.05, 0.1) is 5.69 Å². The molecule has 0 bridgehead atoms. The molecule has 1 heterocycles. The fourth-order valence-corrected chi connectivity index (χ4v) is 3.31. The molecule has 0 radical (unpaired) electrons. The smallest absolute Gasteiger partial charge is 0.267 e. The first-order valence-corrected chi connectivity index (χ1v) is 6.85. The summed E-state index contributed by atoms with van der Waals surface area (Å²) >= 11 is 1.20. The third-order valence-corrected chi connectivity index (χ3v) is 4.82. The van der Waals surface area contributed by atoms with Crippen molar-refractivity contribution in [1.29, 1.82) is 0 Å². The van der Waals surface area contributed by atoms with Crippen LogP contribution in [0.15, 0.2) is 4.34 Å². The van der Waals surface area contributed by atoms with Crippen molar-refractivity contribution in [2.75, 3.05) is 20.1 Å². The number of rotatable bonds is 5. The predicted octanol–water partition coefficient (Wildman–Crippen LogP) is 0.679. The van der Waals surface area contributed by atoms with Crippen molar-refractivity contribution in [1.82, 2.24) is 15.0 Å². The molecule has 2 N–H and O–H groups in total. The van der Waals surface area contributed by atoms with Crippen molar-refractivity contribution in [2.24, 2.45) is 0 Å². The molecule has 1 aromatic heterocycles. The van der Waals surface area contributed by atoms with Crippen molar-refractivity contribution in [3.8, 4) is 0 Å². The first-order valence-electron chi connectivity index (χ1n) is 4.55. The molecule has 5 nitrogen and oxygen atoms in total. The Morgan fingerprint density at radius 1 is 1.31 bits per heavy atom. The summed E-state index contributed by atoms with van der Waals surface area (Å²) in [7, 11) is -1.65. The number of aromatic nitrogens is 1. The summed E-state index contributed by atoms with van der Waals surface area (Å²) in [5.74, 6) is 0. The molecule has 8 heteroatoms. The number of halogens is 1. The topological polar surface area (TPSA) is 71.1 Å². The van der Waals surface area contributed by atoms with Gasteiger partial charge in [-0.1, -0.05) is 0 Å². The maximum absolute atomic E-state index is 11.7. The standard InChI is InChI=1S/C8H15N3O2S2.ClH/c1-6-7(2)14-8(11-6)15(12,13)10-5-4-9-3;/h9-10H,4-5H2,1-3H3;1H. The van der Waals surface area contributed by atoms with E-state index in [1.807, 2.05) is 6.92 Å². The van der Waals surface area contributed by atoms with E-state index in [4.69, 9.17) is 0 Å². The minimum atomic E-state index is -3.42. The van der Waals surface area contributed by atoms with Crippen molar-refractivity contribution >= 4 is 33.8 Å². The Hall–Kier alpha value is -0.210. The molecular weight excluding hydrogens is 270 g/mol. The molecule has 0 saturated heterocycles. The highest BCUT2D eigenvalue weighted by atomic mass is 35.5. The summed E-state index contributed by atoms with van der Waals surface area (Å²) in [6.45, 7) is 4.64. The molecule has 0 aromatic carbocycles. The van der Waals surface area contributed by atoms with E-state index >= 15 is 0 Å². The van der Waals surface area contributed by atoms with Gasteiger partial charge < -0.3 is 5.32 Å². The first kappa shape index (κ1) is 15.8. The lowest BCUT2D eigenvalue weighted by Crippen LogP contribution is -2.30. The molecule has 0 aliphatic rings. The molecule has 0 saturated carbocycles. The van der Waals surface area contributed by atoms with Crippen LogP contribution >= 0.6 is 23.7 Å². The van der Waals surface area contributed by atoms with E-state index in [-0.39, 0.29) is 16.7 Å². The van der Waals surface area contributed by atoms with Gasteiger partial charge in [0.25, 0.3) is 10.0 Å². The molecule has 0 unspecified atom stereocenters. The number of hydrogen-bond donors (Lipinski definition) is 2. The Labute approximate surface area is 106 Å². The summed E-state index contributed by atoms with van der Waals surface area (Å²) in [5, 5.41) is 2.86. The van der Waals surface area contributed by atoms with Crippen LogP contribution in [0, 0.1) is 13.8 Å². The average Bonchev–Trinajstić information content (AvgIpc) is 2.48. The van der Waals surface area contributed by atoms with E-state index in [1.165, 1.54) is 11.3 Å².